The summed E-state index contributed by atoms with van der Waals surface area (Å²) in [5, 5.41) is 21.8. The van der Waals surface area contributed by atoms with Crippen molar-refractivity contribution in [2.75, 3.05) is 0 Å². The van der Waals surface area contributed by atoms with Crippen LogP contribution < -0.4 is 0 Å². The van der Waals surface area contributed by atoms with E-state index in [-0.39, 0.29) is 5.92 Å². The van der Waals surface area contributed by atoms with Crippen molar-refractivity contribution in [3.8, 4) is 12.3 Å². The third-order valence-corrected chi connectivity index (χ3v) is 7.90. The molecule has 0 aromatic heterocycles. The number of rotatable bonds is 0. The predicted octanol–water partition coefficient (Wildman–Crippen LogP) is 2.85. The molecule has 0 aromatic carbocycles. The van der Waals surface area contributed by atoms with E-state index in [1.807, 2.05) is 0 Å². The maximum Gasteiger partial charge on any atom is 0.137 e. The molecule has 0 radical (unpaired) electrons. The third-order valence-electron chi connectivity index (χ3n) is 7.90. The monoisotopic (exact) mass is 328 g/mol. The van der Waals surface area contributed by atoms with Gasteiger partial charge in [-0.15, -0.1) is 6.42 Å². The highest BCUT2D eigenvalue weighted by Crippen LogP contribution is 2.65. The van der Waals surface area contributed by atoms with Crippen molar-refractivity contribution in [2.24, 2.45) is 29.1 Å². The van der Waals surface area contributed by atoms with Crippen LogP contribution in [0.3, 0.4) is 0 Å². The number of fused-ring (bicyclic) bond motifs is 4. The van der Waals surface area contributed by atoms with Crippen LogP contribution in [-0.4, -0.2) is 27.7 Å². The fourth-order valence-corrected chi connectivity index (χ4v) is 6.76. The zero-order chi connectivity index (χ0) is 17.3. The molecule has 0 amide bonds. The average Bonchev–Trinajstić information content (AvgIpc) is 2.74. The lowest BCUT2D eigenvalue weighted by atomic mass is 9.50. The maximum atomic E-state index is 11.9. The van der Waals surface area contributed by atoms with Gasteiger partial charge in [0.1, 0.15) is 11.4 Å². The summed E-state index contributed by atoms with van der Waals surface area (Å²) >= 11 is 0. The second-order valence-electron chi connectivity index (χ2n) is 8.97. The minimum absolute atomic E-state index is 0.0546. The number of carbonyl (C=O) groups excluding carboxylic acids is 1. The zero-order valence-corrected chi connectivity index (χ0v) is 14.7. The number of Topliss-reactive ketones (excluding diaryl/α,β-unsaturated/α-hetero) is 1. The smallest absolute Gasteiger partial charge is 0.137 e. The summed E-state index contributed by atoms with van der Waals surface area (Å²) in [4.78, 5) is 11.9. The zero-order valence-electron chi connectivity index (χ0n) is 14.7. The molecule has 0 aromatic rings. The summed E-state index contributed by atoms with van der Waals surface area (Å²) in [6.45, 7) is 4.34. The molecule has 0 unspecified atom stereocenters. The Labute approximate surface area is 144 Å². The third kappa shape index (κ3) is 1.96. The summed E-state index contributed by atoms with van der Waals surface area (Å²) in [6, 6.07) is 0. The van der Waals surface area contributed by atoms with Gasteiger partial charge in [0.05, 0.1) is 6.10 Å². The second-order valence-corrected chi connectivity index (χ2v) is 8.97. The van der Waals surface area contributed by atoms with E-state index in [4.69, 9.17) is 6.42 Å². The van der Waals surface area contributed by atoms with E-state index in [1.54, 1.807) is 0 Å². The molecule has 2 saturated carbocycles. The van der Waals surface area contributed by atoms with E-state index < -0.39 is 17.1 Å². The van der Waals surface area contributed by atoms with Gasteiger partial charge in [0.15, 0.2) is 0 Å². The largest absolute Gasteiger partial charge is 0.393 e. The molecule has 0 saturated heterocycles. The molecule has 0 spiro atoms. The van der Waals surface area contributed by atoms with Gasteiger partial charge < -0.3 is 10.2 Å². The molecule has 0 heterocycles. The lowest BCUT2D eigenvalue weighted by molar-refractivity contribution is -0.119. The van der Waals surface area contributed by atoms with Crippen LogP contribution in [0.25, 0.3) is 0 Å². The Hall–Kier alpha value is -1.11. The van der Waals surface area contributed by atoms with Crippen LogP contribution in [0, 0.1) is 41.4 Å². The van der Waals surface area contributed by atoms with Crippen LogP contribution in [0.2, 0.25) is 0 Å². The van der Waals surface area contributed by atoms with Gasteiger partial charge in [0.2, 0.25) is 0 Å². The molecule has 24 heavy (non-hydrogen) atoms. The molecule has 3 nitrogen and oxygen atoms in total. The van der Waals surface area contributed by atoms with Crippen LogP contribution >= 0.6 is 0 Å². The first-order chi connectivity index (χ1) is 11.3. The molecule has 7 atom stereocenters. The number of aliphatic hydroxyl groups excluding tert-OH is 1. The molecule has 4 aliphatic rings. The van der Waals surface area contributed by atoms with Gasteiger partial charge in [-0.3, -0.25) is 4.79 Å². The van der Waals surface area contributed by atoms with Gasteiger partial charge in [-0.1, -0.05) is 30.9 Å². The Morgan fingerprint density at radius 1 is 1.33 bits per heavy atom. The normalized spacial score (nSPS) is 50.8. The minimum Gasteiger partial charge on any atom is -0.393 e. The van der Waals surface area contributed by atoms with Crippen LogP contribution in [0.5, 0.6) is 0 Å². The van der Waals surface area contributed by atoms with Crippen molar-refractivity contribution in [3.63, 3.8) is 0 Å². The van der Waals surface area contributed by atoms with E-state index in [0.29, 0.717) is 42.8 Å². The number of hydrogen-bond donors (Lipinski definition) is 2. The fraction of sp³-hybridized carbons (Fsp3) is 0.762. The predicted molar refractivity (Wildman–Crippen MR) is 91.9 cm³/mol. The minimum atomic E-state index is -1.20. The molecule has 2 fully saturated rings. The average molecular weight is 328 g/mol. The summed E-state index contributed by atoms with van der Waals surface area (Å²) in [6.07, 6.45) is 10.5. The number of allylic oxidation sites excluding steroid dienone is 2. The summed E-state index contributed by atoms with van der Waals surface area (Å²) < 4.78 is 0. The van der Waals surface area contributed by atoms with Gasteiger partial charge in [-0.05, 0) is 49.4 Å². The highest BCUT2D eigenvalue weighted by atomic mass is 16.3. The van der Waals surface area contributed by atoms with E-state index in [0.717, 1.165) is 25.7 Å². The van der Waals surface area contributed by atoms with E-state index in [1.165, 1.54) is 11.1 Å². The van der Waals surface area contributed by atoms with Crippen LogP contribution in [0.15, 0.2) is 11.1 Å². The van der Waals surface area contributed by atoms with Gasteiger partial charge in [-0.25, -0.2) is 0 Å². The Balaban J connectivity index is 1.75. The highest BCUT2D eigenvalue weighted by molar-refractivity contribution is 5.82. The molecular formula is C21H28O3. The molecule has 130 valence electrons. The second kappa shape index (κ2) is 5.19. The fourth-order valence-electron chi connectivity index (χ4n) is 6.76. The lowest BCUT2D eigenvalue weighted by Gasteiger charge is -2.55. The number of carbonyl (C=O) groups is 1. The molecular weight excluding hydrogens is 300 g/mol. The molecule has 0 aliphatic heterocycles. The topological polar surface area (TPSA) is 57.5 Å². The molecule has 2 N–H and O–H groups in total. The van der Waals surface area contributed by atoms with E-state index >= 15 is 0 Å². The molecule has 4 rings (SSSR count). The molecule has 0 bridgehead atoms. The number of hydrogen-bond acceptors (Lipinski definition) is 3. The van der Waals surface area contributed by atoms with Crippen molar-refractivity contribution in [1.29, 1.82) is 0 Å². The van der Waals surface area contributed by atoms with Crippen molar-refractivity contribution in [2.45, 2.75) is 70.5 Å². The Kier molecular flexibility index (Phi) is 3.54. The van der Waals surface area contributed by atoms with Gasteiger partial charge in [0.25, 0.3) is 0 Å². The van der Waals surface area contributed by atoms with Gasteiger partial charge >= 0.3 is 0 Å². The van der Waals surface area contributed by atoms with Crippen molar-refractivity contribution < 1.29 is 15.0 Å². The number of terminal acetylenes is 1. The Morgan fingerprint density at radius 2 is 2.08 bits per heavy atom. The van der Waals surface area contributed by atoms with E-state index in [2.05, 4.69) is 19.8 Å². The van der Waals surface area contributed by atoms with Crippen LogP contribution in [0.1, 0.15) is 58.8 Å². The van der Waals surface area contributed by atoms with Crippen molar-refractivity contribution >= 4 is 5.78 Å². The number of ketones is 1. The Morgan fingerprint density at radius 3 is 2.79 bits per heavy atom. The Bertz CT molecular complexity index is 656. The van der Waals surface area contributed by atoms with Gasteiger partial charge in [-0.2, -0.15) is 0 Å². The van der Waals surface area contributed by atoms with Crippen LogP contribution in [-0.2, 0) is 4.79 Å². The first kappa shape index (κ1) is 16.4. The summed E-state index contributed by atoms with van der Waals surface area (Å²) in [5.74, 6) is 4.31. The summed E-state index contributed by atoms with van der Waals surface area (Å²) in [5.41, 5.74) is 1.28. The van der Waals surface area contributed by atoms with Gasteiger partial charge in [0, 0.05) is 24.7 Å². The molecule has 4 aliphatic carbocycles. The van der Waals surface area contributed by atoms with Crippen molar-refractivity contribution in [1.82, 2.24) is 0 Å². The SMILES string of the molecule is C#C[C@]1(O)C[C@@H](O)[C@H]2[C@@H]3[C@H](C)CC4=C(CCC(=O)C4)[C@H]3CC[C@@]21C. The highest BCUT2D eigenvalue weighted by Gasteiger charge is 2.65. The first-order valence-electron chi connectivity index (χ1n) is 9.41. The van der Waals surface area contributed by atoms with Crippen LogP contribution in [0.4, 0.5) is 0 Å². The first-order valence-corrected chi connectivity index (χ1v) is 9.41. The standard InChI is InChI=1S/C21H28O3/c1-4-21(24)11-17(23)19-18-12(2)9-13-10-14(22)5-6-15(13)16(18)7-8-20(19,21)3/h1,12,16-19,23-24H,5-11H2,2-3H3/t12-,16-,17-,18-,19+,20+,21+/m1/s1. The maximum absolute atomic E-state index is 11.9. The summed E-state index contributed by atoms with van der Waals surface area (Å²) in [7, 11) is 0. The quantitative estimate of drug-likeness (QED) is 0.531. The van der Waals surface area contributed by atoms with Crippen molar-refractivity contribution in [3.05, 3.63) is 11.1 Å². The number of aliphatic hydroxyl groups is 2. The van der Waals surface area contributed by atoms with E-state index in [9.17, 15) is 15.0 Å². The lowest BCUT2D eigenvalue weighted by Crippen LogP contribution is -2.53. The molecule has 3 heteroatoms.